The van der Waals surface area contributed by atoms with Crippen LogP contribution in [0.2, 0.25) is 0 Å². The molecular formula is C74H83N3O12S2. The molecular weight excluding hydrogens is 1190 g/mol. The van der Waals surface area contributed by atoms with Crippen molar-refractivity contribution in [3.63, 3.8) is 0 Å². The molecule has 0 bridgehead atoms. The van der Waals surface area contributed by atoms with Crippen LogP contribution in [0.5, 0.6) is 0 Å². The summed E-state index contributed by atoms with van der Waals surface area (Å²) in [6, 6.07) is 51.4. The summed E-state index contributed by atoms with van der Waals surface area (Å²) < 4.78 is 44.3. The molecule has 3 heterocycles. The van der Waals surface area contributed by atoms with E-state index in [9.17, 15) is 19.2 Å². The number of hydrogen-bond donors (Lipinski definition) is 3. The SMILES string of the molecule is CC(C)(C)c1ccc(C(c2ccccc2)(c2ccc(NC(=O)OCCOCCOCCOC(=O)c3ccc4[nH]c5c(ccc6c7cc(C(=O)OCCOCCOCCOC(=O)CCCCC8CCSS8)ccc7[nH]c65)c4c3)cc2)c2ccc(C(C)(C)C)cc2)cc1. The van der Waals surface area contributed by atoms with E-state index in [1.807, 2.05) is 76.2 Å². The van der Waals surface area contributed by atoms with Crippen LogP contribution in [-0.2, 0) is 58.9 Å². The van der Waals surface area contributed by atoms with Gasteiger partial charge in [0.25, 0.3) is 0 Å². The molecule has 7 aromatic carbocycles. The minimum absolute atomic E-state index is 0.00447. The second-order valence-corrected chi connectivity index (χ2v) is 27.6. The number of aromatic amines is 2. The molecule has 478 valence electrons. The fourth-order valence-corrected chi connectivity index (χ4v) is 14.6. The maximum absolute atomic E-state index is 13.2. The van der Waals surface area contributed by atoms with E-state index in [0.717, 1.165) is 90.4 Å². The van der Waals surface area contributed by atoms with Crippen molar-refractivity contribution in [2.24, 2.45) is 0 Å². The third kappa shape index (κ3) is 16.9. The molecule has 1 fully saturated rings. The van der Waals surface area contributed by atoms with Crippen molar-refractivity contribution in [2.45, 2.75) is 95.1 Å². The quantitative estimate of drug-likeness (QED) is 0.0127. The van der Waals surface area contributed by atoms with E-state index in [1.165, 1.54) is 23.3 Å². The van der Waals surface area contributed by atoms with Crippen molar-refractivity contribution >= 4 is 94.9 Å². The summed E-state index contributed by atoms with van der Waals surface area (Å²) in [7, 11) is 3.91. The van der Waals surface area contributed by atoms with Gasteiger partial charge in [-0.1, -0.05) is 173 Å². The number of amides is 1. The van der Waals surface area contributed by atoms with Gasteiger partial charge in [-0.2, -0.15) is 0 Å². The molecule has 1 amide bonds. The zero-order chi connectivity index (χ0) is 63.8. The summed E-state index contributed by atoms with van der Waals surface area (Å²) in [6.07, 6.45) is 4.17. The first kappa shape index (κ1) is 66.3. The third-order valence-corrected chi connectivity index (χ3v) is 19.5. The molecule has 0 spiro atoms. The van der Waals surface area contributed by atoms with Gasteiger partial charge in [0.1, 0.15) is 26.4 Å². The van der Waals surface area contributed by atoms with E-state index in [0.29, 0.717) is 43.1 Å². The predicted octanol–water partition coefficient (Wildman–Crippen LogP) is 15.8. The lowest BCUT2D eigenvalue weighted by Crippen LogP contribution is -2.31. The molecule has 17 heteroatoms. The number of aromatic nitrogens is 2. The molecule has 0 aliphatic carbocycles. The zero-order valence-electron chi connectivity index (χ0n) is 53.0. The molecule has 15 nitrogen and oxygen atoms in total. The molecule has 3 N–H and O–H groups in total. The van der Waals surface area contributed by atoms with Gasteiger partial charge in [-0.25, -0.2) is 14.4 Å². The van der Waals surface area contributed by atoms with Crippen LogP contribution >= 0.6 is 21.6 Å². The van der Waals surface area contributed by atoms with E-state index in [-0.39, 0.29) is 76.3 Å². The fourth-order valence-electron chi connectivity index (χ4n) is 11.6. The Morgan fingerprint density at radius 1 is 0.462 bits per heavy atom. The minimum Gasteiger partial charge on any atom is -0.463 e. The van der Waals surface area contributed by atoms with Crippen molar-refractivity contribution in [1.82, 2.24) is 9.97 Å². The predicted molar refractivity (Wildman–Crippen MR) is 364 cm³/mol. The van der Waals surface area contributed by atoms with E-state index in [2.05, 4.69) is 142 Å². The number of H-pyrrole nitrogens is 2. The molecule has 2 aromatic heterocycles. The number of benzene rings is 7. The van der Waals surface area contributed by atoms with Crippen molar-refractivity contribution < 1.29 is 57.1 Å². The largest absolute Gasteiger partial charge is 0.463 e. The lowest BCUT2D eigenvalue weighted by atomic mass is 9.64. The van der Waals surface area contributed by atoms with Gasteiger partial charge in [0.15, 0.2) is 0 Å². The number of fused-ring (bicyclic) bond motifs is 7. The molecule has 0 saturated carbocycles. The Morgan fingerprint density at radius 3 is 1.35 bits per heavy atom. The molecule has 9 aromatic rings. The van der Waals surface area contributed by atoms with E-state index in [1.54, 1.807) is 12.1 Å². The first-order chi connectivity index (χ1) is 44.1. The maximum Gasteiger partial charge on any atom is 0.411 e. The van der Waals surface area contributed by atoms with Crippen molar-refractivity contribution in [3.8, 4) is 0 Å². The highest BCUT2D eigenvalue weighted by Crippen LogP contribution is 2.47. The minimum atomic E-state index is -0.659. The van der Waals surface area contributed by atoms with Crippen LogP contribution in [0.1, 0.15) is 128 Å². The lowest BCUT2D eigenvalue weighted by molar-refractivity contribution is -0.145. The highest BCUT2D eigenvalue weighted by atomic mass is 33.1. The summed E-state index contributed by atoms with van der Waals surface area (Å²) in [5, 5.41) is 7.17. The maximum atomic E-state index is 13.2. The van der Waals surface area contributed by atoms with Crippen molar-refractivity contribution in [1.29, 1.82) is 0 Å². The van der Waals surface area contributed by atoms with Gasteiger partial charge in [0.2, 0.25) is 0 Å². The number of carbonyl (C=O) groups is 4. The smallest absolute Gasteiger partial charge is 0.411 e. The summed E-state index contributed by atoms with van der Waals surface area (Å²) in [6.45, 7) is 15.8. The molecule has 0 radical (unpaired) electrons. The highest BCUT2D eigenvalue weighted by molar-refractivity contribution is 8.77. The van der Waals surface area contributed by atoms with Crippen molar-refractivity contribution in [3.05, 3.63) is 196 Å². The first-order valence-corrected chi connectivity index (χ1v) is 33.9. The molecule has 1 aliphatic rings. The third-order valence-electron chi connectivity index (χ3n) is 16.5. The number of rotatable bonds is 30. The monoisotopic (exact) mass is 1270 g/mol. The van der Waals surface area contributed by atoms with Crippen LogP contribution < -0.4 is 5.32 Å². The fraction of sp³-hybridized carbons (Fsp3) is 0.378. The Labute approximate surface area is 540 Å². The first-order valence-electron chi connectivity index (χ1n) is 31.5. The lowest BCUT2D eigenvalue weighted by Gasteiger charge is -2.37. The van der Waals surface area contributed by atoms with Crippen LogP contribution in [0.25, 0.3) is 43.6 Å². The van der Waals surface area contributed by atoms with Gasteiger partial charge >= 0.3 is 24.0 Å². The van der Waals surface area contributed by atoms with Gasteiger partial charge < -0.3 is 47.9 Å². The van der Waals surface area contributed by atoms with Gasteiger partial charge in [-0.05, 0) is 112 Å². The van der Waals surface area contributed by atoms with Crippen LogP contribution in [-0.4, -0.2) is 124 Å². The number of unbranched alkanes of at least 4 members (excludes halogenated alkanes) is 1. The summed E-state index contributed by atoms with van der Waals surface area (Å²) >= 11 is 0. The van der Waals surface area contributed by atoms with Crippen LogP contribution in [0.15, 0.2) is 152 Å². The number of ether oxygens (including phenoxy) is 8. The average molecular weight is 1270 g/mol. The molecule has 1 aliphatic heterocycles. The normalized spacial score (nSPS) is 13.7. The Balaban J connectivity index is 0.627. The number of hydrogen-bond acceptors (Lipinski definition) is 14. The van der Waals surface area contributed by atoms with E-state index >= 15 is 0 Å². The highest BCUT2D eigenvalue weighted by Gasteiger charge is 2.39. The van der Waals surface area contributed by atoms with Crippen LogP contribution in [0.3, 0.4) is 0 Å². The van der Waals surface area contributed by atoms with Gasteiger partial charge in [-0.3, -0.25) is 10.1 Å². The zero-order valence-corrected chi connectivity index (χ0v) is 54.6. The Kier molecular flexibility index (Phi) is 22.7. The Morgan fingerprint density at radius 2 is 0.890 bits per heavy atom. The van der Waals surface area contributed by atoms with E-state index < -0.39 is 23.4 Å². The van der Waals surface area contributed by atoms with Gasteiger partial charge in [-0.15, -0.1) is 0 Å². The number of nitrogens with one attached hydrogen (secondary N) is 3. The Bertz CT molecular complexity index is 3830. The van der Waals surface area contributed by atoms with Gasteiger partial charge in [0.05, 0.1) is 80.4 Å². The van der Waals surface area contributed by atoms with Crippen LogP contribution in [0.4, 0.5) is 10.5 Å². The number of anilines is 1. The van der Waals surface area contributed by atoms with Crippen LogP contribution in [0, 0.1) is 0 Å². The second-order valence-electron chi connectivity index (χ2n) is 24.8. The van der Waals surface area contributed by atoms with Gasteiger partial charge in [0, 0.05) is 55.7 Å². The average Bonchev–Trinajstić information content (AvgIpc) is 1.39. The standard InChI is InChI=1S/C74H83N3O12S2/c1-72(2,3)52-18-22-55(23-19-52)74(54-12-8-7-9-13-54,56-24-20-53(21-25-56)73(4,5)6)57-26-28-58(29-27-57)75-71(81)89-46-42-85-38-37-84-41-45-88-70(80)51-17-33-65-63(49-51)61-31-30-60-62-48-50(16-32-64(62)76-67(60)68(61)77-65)69(79)87-44-40-83-36-35-82-39-43-86-66(78)15-11-10-14-59-34-47-90-91-59/h7-9,12-13,16-33,48-49,59,76-77H,10-11,14-15,34-47H2,1-6H3,(H,75,81). The molecule has 10 rings (SSSR count). The second kappa shape index (κ2) is 31.1. The Hall–Kier alpha value is -7.64. The topological polar surface area (TPSA) is 186 Å². The summed E-state index contributed by atoms with van der Waals surface area (Å²) in [5.74, 6) is 0.108. The number of esters is 3. The summed E-state index contributed by atoms with van der Waals surface area (Å²) in [5.41, 5.74) is 11.2. The molecule has 91 heavy (non-hydrogen) atoms. The molecule has 1 atom stereocenters. The molecule has 1 saturated heterocycles. The van der Waals surface area contributed by atoms with E-state index in [4.69, 9.17) is 37.9 Å². The summed E-state index contributed by atoms with van der Waals surface area (Å²) in [4.78, 5) is 58.3. The molecule has 1 unspecified atom stereocenters. The number of carbonyl (C=O) groups excluding carboxylic acids is 4. The van der Waals surface area contributed by atoms with Crippen molar-refractivity contribution in [2.75, 3.05) is 90.4 Å².